The van der Waals surface area contributed by atoms with E-state index in [0.29, 0.717) is 13.1 Å². The third kappa shape index (κ3) is 5.94. The molecule has 1 heterocycles. The molecule has 0 aromatic carbocycles. The second-order valence-electron chi connectivity index (χ2n) is 5.37. The Hall–Kier alpha value is -0.630. The van der Waals surface area contributed by atoms with Crippen LogP contribution in [0.4, 0.5) is 18.0 Å². The van der Waals surface area contributed by atoms with Gasteiger partial charge in [0.05, 0.1) is 0 Å². The second-order valence-corrected chi connectivity index (χ2v) is 6.36. The normalized spacial score (nSPS) is 20.2. The maximum Gasteiger partial charge on any atom is 0.403 e. The third-order valence-corrected chi connectivity index (χ3v) is 4.39. The van der Waals surface area contributed by atoms with Gasteiger partial charge in [-0.05, 0) is 32.3 Å². The van der Waals surface area contributed by atoms with Crippen LogP contribution in [0.5, 0.6) is 0 Å². The van der Waals surface area contributed by atoms with Crippen molar-refractivity contribution in [3.8, 4) is 0 Å². The summed E-state index contributed by atoms with van der Waals surface area (Å²) in [5.74, 6) is 0.971. The molecule has 0 aliphatic carbocycles. The molecule has 124 valence electrons. The Balaban J connectivity index is 2.37. The predicted molar refractivity (Wildman–Crippen MR) is 79.7 cm³/mol. The maximum absolute atomic E-state index is 12.6. The van der Waals surface area contributed by atoms with Gasteiger partial charge in [-0.15, -0.1) is 0 Å². The highest BCUT2D eigenvalue weighted by atomic mass is 32.2. The van der Waals surface area contributed by atoms with E-state index in [1.807, 2.05) is 13.2 Å². The van der Waals surface area contributed by atoms with Gasteiger partial charge >= 0.3 is 12.2 Å². The van der Waals surface area contributed by atoms with Crippen molar-refractivity contribution >= 4 is 17.8 Å². The fourth-order valence-electron chi connectivity index (χ4n) is 2.19. The fourth-order valence-corrected chi connectivity index (χ4v) is 2.78. The van der Waals surface area contributed by atoms with Crippen LogP contribution in [0, 0.1) is 0 Å². The summed E-state index contributed by atoms with van der Waals surface area (Å²) in [5.41, 5.74) is 0. The van der Waals surface area contributed by atoms with E-state index in [1.165, 1.54) is 11.8 Å². The van der Waals surface area contributed by atoms with Crippen LogP contribution in [0.1, 0.15) is 20.3 Å². The zero-order valence-corrected chi connectivity index (χ0v) is 13.6. The Bertz CT molecular complexity index is 333. The molecule has 4 nitrogen and oxygen atoms in total. The van der Waals surface area contributed by atoms with Crippen LogP contribution >= 0.6 is 11.8 Å². The minimum atomic E-state index is -4.21. The summed E-state index contributed by atoms with van der Waals surface area (Å²) in [6.45, 7) is 4.29. The van der Waals surface area contributed by atoms with Crippen LogP contribution < -0.4 is 5.32 Å². The Kier molecular flexibility index (Phi) is 7.12. The van der Waals surface area contributed by atoms with Gasteiger partial charge in [-0.1, -0.05) is 0 Å². The van der Waals surface area contributed by atoms with Gasteiger partial charge in [0.1, 0.15) is 6.04 Å². The molecule has 1 fully saturated rings. The Morgan fingerprint density at radius 3 is 2.29 bits per heavy atom. The maximum atomic E-state index is 12.6. The van der Waals surface area contributed by atoms with Crippen LogP contribution in [-0.4, -0.2) is 72.3 Å². The molecule has 8 heteroatoms. The quantitative estimate of drug-likeness (QED) is 0.842. The van der Waals surface area contributed by atoms with Crippen molar-refractivity contribution < 1.29 is 18.0 Å². The van der Waals surface area contributed by atoms with E-state index in [1.54, 1.807) is 16.7 Å². The number of nitrogens with one attached hydrogen (secondary N) is 1. The summed E-state index contributed by atoms with van der Waals surface area (Å²) in [5, 5.41) is 2.89. The molecule has 0 saturated carbocycles. The second kappa shape index (κ2) is 8.12. The van der Waals surface area contributed by atoms with E-state index in [2.05, 4.69) is 5.32 Å². The Morgan fingerprint density at radius 2 is 1.81 bits per heavy atom. The molecule has 0 radical (unpaired) electrons. The zero-order valence-electron chi connectivity index (χ0n) is 12.7. The molecule has 2 amide bonds. The summed E-state index contributed by atoms with van der Waals surface area (Å²) in [7, 11) is 0. The highest BCUT2D eigenvalue weighted by Crippen LogP contribution is 2.25. The minimum Gasteiger partial charge on any atom is -0.336 e. The Morgan fingerprint density at radius 1 is 1.24 bits per heavy atom. The number of thioether (sulfide) groups is 1. The molecule has 1 aliphatic rings. The van der Waals surface area contributed by atoms with Gasteiger partial charge in [0, 0.05) is 32.2 Å². The molecule has 0 aromatic heterocycles. The molecular weight excluding hydrogens is 303 g/mol. The highest BCUT2D eigenvalue weighted by Gasteiger charge is 2.41. The van der Waals surface area contributed by atoms with Crippen molar-refractivity contribution in [1.82, 2.24) is 15.1 Å². The molecule has 0 spiro atoms. The molecule has 1 saturated heterocycles. The number of urea groups is 1. The number of piperazine rings is 1. The van der Waals surface area contributed by atoms with Gasteiger partial charge in [0.15, 0.2) is 0 Å². The SMILES string of the molecule is CSCCC(C)NC(=O)N1CCN(C(C)C(F)(F)F)CC1. The fraction of sp³-hybridized carbons (Fsp3) is 0.923. The first-order chi connectivity index (χ1) is 9.75. The number of carbonyl (C=O) groups is 1. The molecule has 1 N–H and O–H groups in total. The van der Waals surface area contributed by atoms with Gasteiger partial charge < -0.3 is 10.2 Å². The molecular formula is C13H24F3N3OS. The van der Waals surface area contributed by atoms with E-state index in [0.717, 1.165) is 12.2 Å². The Labute approximate surface area is 128 Å². The number of hydrogen-bond acceptors (Lipinski definition) is 3. The predicted octanol–water partition coefficient (Wildman–Crippen LogP) is 2.41. The number of alkyl halides is 3. The lowest BCUT2D eigenvalue weighted by Gasteiger charge is -2.38. The molecule has 1 aliphatic heterocycles. The van der Waals surface area contributed by atoms with Gasteiger partial charge in [0.2, 0.25) is 0 Å². The van der Waals surface area contributed by atoms with Crippen molar-refractivity contribution in [2.24, 2.45) is 0 Å². The molecule has 1 rings (SSSR count). The van der Waals surface area contributed by atoms with E-state index >= 15 is 0 Å². The smallest absolute Gasteiger partial charge is 0.336 e. The topological polar surface area (TPSA) is 35.6 Å². The van der Waals surface area contributed by atoms with E-state index < -0.39 is 12.2 Å². The number of carbonyl (C=O) groups excluding carboxylic acids is 1. The summed E-state index contributed by atoms with van der Waals surface area (Å²) < 4.78 is 37.9. The molecule has 21 heavy (non-hydrogen) atoms. The summed E-state index contributed by atoms with van der Waals surface area (Å²) in [6, 6.07) is -1.55. The van der Waals surface area contributed by atoms with Crippen molar-refractivity contribution in [2.45, 2.75) is 38.5 Å². The standard InChI is InChI=1S/C13H24F3N3OS/c1-10(4-9-21-3)17-12(20)19-7-5-18(6-8-19)11(2)13(14,15)16/h10-11H,4-9H2,1-3H3,(H,17,20). The first kappa shape index (κ1) is 18.4. The largest absolute Gasteiger partial charge is 0.403 e. The van der Waals surface area contributed by atoms with Gasteiger partial charge in [-0.2, -0.15) is 24.9 Å². The lowest BCUT2D eigenvalue weighted by Crippen LogP contribution is -2.57. The summed E-state index contributed by atoms with van der Waals surface area (Å²) in [4.78, 5) is 15.0. The molecule has 0 aromatic rings. The first-order valence-electron chi connectivity index (χ1n) is 7.11. The summed E-state index contributed by atoms with van der Waals surface area (Å²) >= 11 is 1.72. The van der Waals surface area contributed by atoms with Crippen molar-refractivity contribution in [1.29, 1.82) is 0 Å². The molecule has 2 atom stereocenters. The molecule has 2 unspecified atom stereocenters. The molecule has 0 bridgehead atoms. The minimum absolute atomic E-state index is 0.0806. The number of nitrogens with zero attached hydrogens (tertiary/aromatic N) is 2. The highest BCUT2D eigenvalue weighted by molar-refractivity contribution is 7.98. The van der Waals surface area contributed by atoms with Crippen molar-refractivity contribution in [3.63, 3.8) is 0 Å². The lowest BCUT2D eigenvalue weighted by molar-refractivity contribution is -0.181. The third-order valence-electron chi connectivity index (χ3n) is 3.75. The number of rotatable bonds is 5. The number of hydrogen-bond donors (Lipinski definition) is 1. The van der Waals surface area contributed by atoms with E-state index in [9.17, 15) is 18.0 Å². The van der Waals surface area contributed by atoms with E-state index in [-0.39, 0.29) is 25.2 Å². The van der Waals surface area contributed by atoms with Gasteiger partial charge in [0.25, 0.3) is 0 Å². The van der Waals surface area contributed by atoms with Gasteiger partial charge in [-0.3, -0.25) is 4.90 Å². The van der Waals surface area contributed by atoms with Crippen molar-refractivity contribution in [3.05, 3.63) is 0 Å². The van der Waals surface area contributed by atoms with Crippen LogP contribution in [0.15, 0.2) is 0 Å². The van der Waals surface area contributed by atoms with E-state index in [4.69, 9.17) is 0 Å². The monoisotopic (exact) mass is 327 g/mol. The van der Waals surface area contributed by atoms with Crippen LogP contribution in [-0.2, 0) is 0 Å². The van der Waals surface area contributed by atoms with Crippen molar-refractivity contribution in [2.75, 3.05) is 38.2 Å². The van der Waals surface area contributed by atoms with Crippen LogP contribution in [0.3, 0.4) is 0 Å². The number of halogens is 3. The lowest BCUT2D eigenvalue weighted by atomic mass is 10.2. The van der Waals surface area contributed by atoms with Crippen LogP contribution in [0.2, 0.25) is 0 Å². The number of amides is 2. The summed E-state index contributed by atoms with van der Waals surface area (Å²) in [6.07, 6.45) is -1.32. The first-order valence-corrected chi connectivity index (χ1v) is 8.50. The van der Waals surface area contributed by atoms with Crippen LogP contribution in [0.25, 0.3) is 0 Å². The average molecular weight is 327 g/mol. The average Bonchev–Trinajstić information content (AvgIpc) is 2.43. The van der Waals surface area contributed by atoms with Gasteiger partial charge in [-0.25, -0.2) is 4.79 Å². The zero-order chi connectivity index (χ0) is 16.0.